The Bertz CT molecular complexity index is 768. The Labute approximate surface area is 142 Å². The van der Waals surface area contributed by atoms with Crippen molar-refractivity contribution in [2.75, 3.05) is 6.54 Å². The van der Waals surface area contributed by atoms with Gasteiger partial charge in [0.05, 0.1) is 0 Å². The first-order chi connectivity index (χ1) is 11.8. The molecule has 1 aliphatic heterocycles. The van der Waals surface area contributed by atoms with Crippen LogP contribution in [0.2, 0.25) is 0 Å². The summed E-state index contributed by atoms with van der Waals surface area (Å²) in [7, 11) is 0. The van der Waals surface area contributed by atoms with Gasteiger partial charge in [0.15, 0.2) is 0 Å². The van der Waals surface area contributed by atoms with E-state index < -0.39 is 17.6 Å². The van der Waals surface area contributed by atoms with E-state index in [4.69, 9.17) is 14.4 Å². The average Bonchev–Trinajstić information content (AvgIpc) is 2.97. The van der Waals surface area contributed by atoms with Gasteiger partial charge in [-0.1, -0.05) is 6.07 Å². The smallest absolute Gasteiger partial charge is 0.300 e. The molecule has 0 unspecified atom stereocenters. The van der Waals surface area contributed by atoms with E-state index in [9.17, 15) is 13.6 Å². The van der Waals surface area contributed by atoms with Gasteiger partial charge in [-0.05, 0) is 37.4 Å². The molecule has 1 aliphatic rings. The van der Waals surface area contributed by atoms with Crippen LogP contribution < -0.4 is 10.9 Å². The molecule has 1 saturated heterocycles. The molecule has 2 aromatic rings. The summed E-state index contributed by atoms with van der Waals surface area (Å²) in [5, 5.41) is 13.0. The topological polar surface area (TPSA) is 95.3 Å². The van der Waals surface area contributed by atoms with E-state index in [-0.39, 0.29) is 17.5 Å². The normalized spacial score (nSPS) is 19.8. The molecule has 136 valence electrons. The van der Waals surface area contributed by atoms with Crippen LogP contribution in [0, 0.1) is 11.6 Å². The molecule has 2 heterocycles. The molecule has 0 amide bonds. The van der Waals surface area contributed by atoms with Gasteiger partial charge in [-0.25, -0.2) is 8.78 Å². The van der Waals surface area contributed by atoms with E-state index in [2.05, 4.69) is 10.5 Å². The number of rotatable bonds is 3. The number of aromatic nitrogens is 1. The van der Waals surface area contributed by atoms with Crippen molar-refractivity contribution in [3.63, 3.8) is 0 Å². The van der Waals surface area contributed by atoms with E-state index in [1.807, 2.05) is 0 Å². The zero-order valence-corrected chi connectivity index (χ0v) is 13.7. The molecular formula is C17H20F2N2O4. The first kappa shape index (κ1) is 18.9. The Kier molecular flexibility index (Phi) is 6.46. The lowest BCUT2D eigenvalue weighted by molar-refractivity contribution is -0.134. The molecule has 1 fully saturated rings. The lowest BCUT2D eigenvalue weighted by atomic mass is 9.87. The van der Waals surface area contributed by atoms with E-state index in [0.717, 1.165) is 32.4 Å². The number of carboxylic acids is 1. The third-order valence-corrected chi connectivity index (χ3v) is 3.92. The van der Waals surface area contributed by atoms with E-state index in [1.54, 1.807) is 0 Å². The number of carbonyl (C=O) groups is 1. The van der Waals surface area contributed by atoms with E-state index in [0.29, 0.717) is 17.7 Å². The number of aliphatic carboxylic acids is 1. The summed E-state index contributed by atoms with van der Waals surface area (Å²) in [4.78, 5) is 20.1. The summed E-state index contributed by atoms with van der Waals surface area (Å²) in [6.07, 6.45) is 2.10. The van der Waals surface area contributed by atoms with Gasteiger partial charge in [0, 0.05) is 31.0 Å². The Morgan fingerprint density at radius 2 is 2.08 bits per heavy atom. The van der Waals surface area contributed by atoms with Gasteiger partial charge in [-0.2, -0.15) is 5.16 Å². The Balaban J connectivity index is 0.000000511. The second kappa shape index (κ2) is 8.57. The van der Waals surface area contributed by atoms with Crippen molar-refractivity contribution in [1.29, 1.82) is 0 Å². The van der Waals surface area contributed by atoms with Crippen molar-refractivity contribution in [3.8, 4) is 0 Å². The van der Waals surface area contributed by atoms with Gasteiger partial charge in [0.1, 0.15) is 17.4 Å². The van der Waals surface area contributed by atoms with E-state index in [1.165, 1.54) is 18.2 Å². The van der Waals surface area contributed by atoms with Crippen molar-refractivity contribution < 1.29 is 23.2 Å². The number of carboxylic acid groups (broad SMARTS) is 1. The average molecular weight is 354 g/mol. The van der Waals surface area contributed by atoms with Crippen LogP contribution in [-0.2, 0) is 11.2 Å². The zero-order chi connectivity index (χ0) is 18.4. The lowest BCUT2D eigenvalue weighted by Gasteiger charge is -2.29. The predicted octanol–water partition coefficient (Wildman–Crippen LogP) is 2.42. The van der Waals surface area contributed by atoms with Crippen molar-refractivity contribution in [2.24, 2.45) is 0 Å². The summed E-state index contributed by atoms with van der Waals surface area (Å²) in [5.74, 6) is -1.14. The maximum atomic E-state index is 13.7. The lowest BCUT2D eigenvalue weighted by Crippen LogP contribution is -2.38. The van der Waals surface area contributed by atoms with Gasteiger partial charge in [-0.3, -0.25) is 9.59 Å². The third-order valence-electron chi connectivity index (χ3n) is 3.92. The fourth-order valence-corrected chi connectivity index (χ4v) is 2.87. The fourth-order valence-electron chi connectivity index (χ4n) is 2.87. The third kappa shape index (κ3) is 5.82. The van der Waals surface area contributed by atoms with Gasteiger partial charge >= 0.3 is 0 Å². The van der Waals surface area contributed by atoms with Crippen LogP contribution in [0.5, 0.6) is 0 Å². The highest BCUT2D eigenvalue weighted by Gasteiger charge is 2.26. The number of hydrogen-bond acceptors (Lipinski definition) is 4. The number of H-pyrrole nitrogens is 1. The molecule has 0 radical (unpaired) electrons. The van der Waals surface area contributed by atoms with Crippen LogP contribution >= 0.6 is 0 Å². The maximum Gasteiger partial charge on any atom is 0.300 e. The molecule has 1 aromatic heterocycles. The van der Waals surface area contributed by atoms with Crippen LogP contribution in [0.1, 0.15) is 37.0 Å². The highest BCUT2D eigenvalue weighted by atomic mass is 19.1. The summed E-state index contributed by atoms with van der Waals surface area (Å²) in [6.45, 7) is 1.85. The fraction of sp³-hybridized carbons (Fsp3) is 0.412. The van der Waals surface area contributed by atoms with Crippen LogP contribution in [0.3, 0.4) is 0 Å². The molecule has 2 atom stereocenters. The molecule has 0 aliphatic carbocycles. The van der Waals surface area contributed by atoms with Gasteiger partial charge in [-0.15, -0.1) is 0 Å². The zero-order valence-electron chi connectivity index (χ0n) is 13.7. The molecule has 0 saturated carbocycles. The van der Waals surface area contributed by atoms with Crippen molar-refractivity contribution in [3.05, 3.63) is 57.6 Å². The summed E-state index contributed by atoms with van der Waals surface area (Å²) in [6, 6.07) is 5.19. The minimum Gasteiger partial charge on any atom is -0.481 e. The summed E-state index contributed by atoms with van der Waals surface area (Å²) < 4.78 is 31.8. The largest absolute Gasteiger partial charge is 0.481 e. The Morgan fingerprint density at radius 3 is 2.68 bits per heavy atom. The summed E-state index contributed by atoms with van der Waals surface area (Å²) in [5.41, 5.74) is 0.245. The van der Waals surface area contributed by atoms with Crippen molar-refractivity contribution >= 4 is 5.97 Å². The number of hydrogen-bond donors (Lipinski definition) is 3. The molecule has 0 bridgehead atoms. The molecule has 3 N–H and O–H groups in total. The van der Waals surface area contributed by atoms with Crippen LogP contribution in [-0.4, -0.2) is 28.8 Å². The molecule has 3 rings (SSSR count). The number of benzene rings is 1. The van der Waals surface area contributed by atoms with Gasteiger partial charge < -0.3 is 14.9 Å². The molecule has 25 heavy (non-hydrogen) atoms. The second-order valence-corrected chi connectivity index (χ2v) is 5.95. The van der Waals surface area contributed by atoms with Gasteiger partial charge in [0.2, 0.25) is 0 Å². The highest BCUT2D eigenvalue weighted by molar-refractivity contribution is 5.62. The number of aromatic amines is 1. The molecule has 6 nitrogen and oxygen atoms in total. The van der Waals surface area contributed by atoms with Gasteiger partial charge in [0.25, 0.3) is 11.5 Å². The first-order valence-electron chi connectivity index (χ1n) is 7.90. The minimum absolute atomic E-state index is 0.0731. The summed E-state index contributed by atoms with van der Waals surface area (Å²) >= 11 is 0. The monoisotopic (exact) mass is 354 g/mol. The standard InChI is InChI=1S/C15H16F2N2O2.C2H4O2/c16-11-2-1-9(13(17)7-11)5-12-6-10(3-4-18-12)14-8-15(20)19-21-14;1-2(3)4/h1-2,7-8,10,12,18H,3-6H2,(H,19,20);1H3,(H,3,4)/t10-,12-;/m0./s1. The quantitative estimate of drug-likeness (QED) is 0.787. The molecule has 0 spiro atoms. The van der Waals surface area contributed by atoms with Crippen molar-refractivity contribution in [1.82, 2.24) is 10.5 Å². The SMILES string of the molecule is CC(=O)O.O=c1cc([C@H]2CCN[C@@H](Cc3ccc(F)cc3F)C2)o[nH]1. The Morgan fingerprint density at radius 1 is 1.36 bits per heavy atom. The Hall–Kier alpha value is -2.48. The number of nitrogens with one attached hydrogen (secondary N) is 2. The maximum absolute atomic E-state index is 13.7. The minimum atomic E-state index is -0.833. The molecular weight excluding hydrogens is 334 g/mol. The number of halogens is 2. The predicted molar refractivity (Wildman–Crippen MR) is 86.5 cm³/mol. The molecule has 1 aromatic carbocycles. The van der Waals surface area contributed by atoms with Crippen LogP contribution in [0.15, 0.2) is 33.6 Å². The molecule has 8 heteroatoms. The first-order valence-corrected chi connectivity index (χ1v) is 7.90. The van der Waals surface area contributed by atoms with Crippen LogP contribution in [0.25, 0.3) is 0 Å². The van der Waals surface area contributed by atoms with Crippen molar-refractivity contribution in [2.45, 2.75) is 38.1 Å². The number of piperidine rings is 1. The van der Waals surface area contributed by atoms with Crippen LogP contribution in [0.4, 0.5) is 8.78 Å². The van der Waals surface area contributed by atoms with E-state index >= 15 is 0 Å². The second-order valence-electron chi connectivity index (χ2n) is 5.95. The highest BCUT2D eigenvalue weighted by Crippen LogP contribution is 2.28.